The molecule has 0 saturated heterocycles. The van der Waals surface area contributed by atoms with Crippen LogP contribution in [-0.2, 0) is 0 Å². The maximum atomic E-state index is 13.4. The fourth-order valence-electron chi connectivity index (χ4n) is 1.67. The van der Waals surface area contributed by atoms with Gasteiger partial charge in [-0.05, 0) is 12.5 Å². The van der Waals surface area contributed by atoms with E-state index in [1.54, 1.807) is 0 Å². The van der Waals surface area contributed by atoms with E-state index in [0.29, 0.717) is 0 Å². The van der Waals surface area contributed by atoms with Gasteiger partial charge in [0.2, 0.25) is 0 Å². The summed E-state index contributed by atoms with van der Waals surface area (Å²) < 4.78 is 193. The molecule has 0 aliphatic carbocycles. The Bertz CT molecular complexity index is 580. The summed E-state index contributed by atoms with van der Waals surface area (Å²) in [6.45, 7) is 0. The van der Waals surface area contributed by atoms with Crippen LogP contribution in [0.25, 0.3) is 0 Å². The maximum absolute atomic E-state index is 13.4. The minimum Gasteiger partial charge on any atom is -0.200 e. The molecule has 29 heavy (non-hydrogen) atoms. The molecule has 19 heteroatoms. The van der Waals surface area contributed by atoms with Crippen molar-refractivity contribution in [3.63, 3.8) is 0 Å². The van der Waals surface area contributed by atoms with Crippen LogP contribution < -0.4 is 0 Å². The van der Waals surface area contributed by atoms with Gasteiger partial charge >= 0.3 is 47.7 Å². The Morgan fingerprint density at radius 1 is 0.483 bits per heavy atom. The molecule has 0 atom stereocenters. The molecule has 0 bridgehead atoms. The summed E-state index contributed by atoms with van der Waals surface area (Å²) in [6.07, 6.45) is -11.4. The van der Waals surface area contributed by atoms with Crippen LogP contribution in [0.15, 0.2) is 0 Å². The van der Waals surface area contributed by atoms with Crippen LogP contribution in [0.2, 0.25) is 6.04 Å². The fourth-order valence-corrected chi connectivity index (χ4v) is 3.45. The first-order chi connectivity index (χ1) is 12.2. The van der Waals surface area contributed by atoms with Gasteiger partial charge in [-0.3, -0.25) is 0 Å². The average molecular weight is 546 g/mol. The van der Waals surface area contributed by atoms with Crippen LogP contribution in [0.5, 0.6) is 0 Å². The summed E-state index contributed by atoms with van der Waals surface area (Å²) in [5, 5.41) is 0. The number of hydrogen-bond acceptors (Lipinski definition) is 0. The highest BCUT2D eigenvalue weighted by Gasteiger charge is 2.93. The van der Waals surface area contributed by atoms with Crippen LogP contribution in [0.3, 0.4) is 0 Å². The highest BCUT2D eigenvalue weighted by atomic mass is 35.8. The third-order valence-electron chi connectivity index (χ3n) is 3.34. The van der Waals surface area contributed by atoms with E-state index in [0.717, 1.165) is 0 Å². The molecule has 0 unspecified atom stereocenters. The van der Waals surface area contributed by atoms with E-state index in [1.807, 2.05) is 0 Å². The van der Waals surface area contributed by atoms with Gasteiger partial charge < -0.3 is 0 Å². The van der Waals surface area contributed by atoms with Gasteiger partial charge in [0.15, 0.2) is 0 Å². The van der Waals surface area contributed by atoms with Crippen molar-refractivity contribution < 1.29 is 65.9 Å². The number of halogens is 18. The van der Waals surface area contributed by atoms with Gasteiger partial charge in [-0.15, -0.1) is 33.2 Å². The van der Waals surface area contributed by atoms with Crippen LogP contribution in [-0.4, -0.2) is 47.7 Å². The first kappa shape index (κ1) is 29.0. The van der Waals surface area contributed by atoms with E-state index in [9.17, 15) is 65.9 Å². The zero-order valence-electron chi connectivity index (χ0n) is 12.9. The summed E-state index contributed by atoms with van der Waals surface area (Å²) in [6, 6.07) is -4.74. The van der Waals surface area contributed by atoms with Crippen LogP contribution in [0, 0.1) is 0 Å². The Hall–Kier alpha value is 0.0369. The molecule has 0 nitrogen and oxygen atoms in total. The van der Waals surface area contributed by atoms with E-state index >= 15 is 0 Å². The number of alkyl halides is 15. The molecule has 0 amide bonds. The lowest BCUT2D eigenvalue weighted by Gasteiger charge is -2.41. The summed E-state index contributed by atoms with van der Waals surface area (Å²) in [4.78, 5) is 0. The molecule has 176 valence electrons. The standard InChI is InChI=1S/C10H6Cl3F15Si/c11-29(12,13)3-1-2-4(14,15)5(16,17)6(18,19)7(20,21)8(22,23)9(24,25)10(26,27)28/h1-3H2. The van der Waals surface area contributed by atoms with E-state index in [-0.39, 0.29) is 0 Å². The third kappa shape index (κ3) is 4.94. The average Bonchev–Trinajstić information content (AvgIpc) is 2.43. The highest BCUT2D eigenvalue weighted by Crippen LogP contribution is 2.62. The van der Waals surface area contributed by atoms with Crippen LogP contribution >= 0.6 is 33.2 Å². The zero-order valence-corrected chi connectivity index (χ0v) is 16.2. The number of rotatable bonds is 9. The van der Waals surface area contributed by atoms with Crippen LogP contribution in [0.4, 0.5) is 65.9 Å². The second-order valence-corrected chi connectivity index (χ2v) is 14.8. The lowest BCUT2D eigenvalue weighted by atomic mass is 9.90. The lowest BCUT2D eigenvalue weighted by Crippen LogP contribution is -2.72. The van der Waals surface area contributed by atoms with Crippen molar-refractivity contribution >= 4 is 39.2 Å². The molecular weight excluding hydrogens is 540 g/mol. The largest absolute Gasteiger partial charge is 0.460 e. The summed E-state index contributed by atoms with van der Waals surface area (Å²) >= 11 is 15.5. The predicted octanol–water partition coefficient (Wildman–Crippen LogP) is 7.80. The topological polar surface area (TPSA) is 0 Å². The monoisotopic (exact) mass is 544 g/mol. The molecule has 0 N–H and O–H groups in total. The second kappa shape index (κ2) is 7.87. The van der Waals surface area contributed by atoms with Gasteiger partial charge in [-0.25, -0.2) is 0 Å². The lowest BCUT2D eigenvalue weighted by molar-refractivity contribution is -0.452. The van der Waals surface area contributed by atoms with E-state index in [1.165, 1.54) is 0 Å². The zero-order chi connectivity index (χ0) is 24.1. The molecule has 0 saturated carbocycles. The molecule has 0 heterocycles. The van der Waals surface area contributed by atoms with E-state index < -0.39 is 66.6 Å². The molecule has 0 aliphatic heterocycles. The second-order valence-electron chi connectivity index (χ2n) is 5.54. The number of hydrogen-bond donors (Lipinski definition) is 0. The Labute approximate surface area is 166 Å². The third-order valence-corrected chi connectivity index (χ3v) is 5.97. The Balaban J connectivity index is 6.16. The minimum atomic E-state index is -8.28. The molecule has 0 aliphatic rings. The first-order valence-electron chi connectivity index (χ1n) is 6.61. The molecule has 0 radical (unpaired) electrons. The smallest absolute Gasteiger partial charge is 0.200 e. The molecule has 0 aromatic carbocycles. The summed E-state index contributed by atoms with van der Waals surface area (Å²) in [5.74, 6) is -46.4. The van der Waals surface area contributed by atoms with Crippen molar-refractivity contribution in [1.82, 2.24) is 0 Å². The van der Waals surface area contributed by atoms with Crippen molar-refractivity contribution in [3.8, 4) is 0 Å². The molecule has 0 aromatic heterocycles. The van der Waals surface area contributed by atoms with Gasteiger partial charge in [-0.1, -0.05) is 0 Å². The van der Waals surface area contributed by atoms with Gasteiger partial charge in [0.05, 0.1) is 0 Å². The van der Waals surface area contributed by atoms with E-state index in [4.69, 9.17) is 33.2 Å². The fraction of sp³-hybridized carbons (Fsp3) is 1.00. The quantitative estimate of drug-likeness (QED) is 0.158. The van der Waals surface area contributed by atoms with Crippen molar-refractivity contribution in [2.45, 2.75) is 60.6 Å². The van der Waals surface area contributed by atoms with Gasteiger partial charge in [0.25, 0.3) is 0 Å². The van der Waals surface area contributed by atoms with Crippen molar-refractivity contribution in [1.29, 1.82) is 0 Å². The summed E-state index contributed by atoms with van der Waals surface area (Å²) in [5.41, 5.74) is 0. The van der Waals surface area contributed by atoms with E-state index in [2.05, 4.69) is 0 Å². The normalized spacial score (nSPS) is 16.3. The highest BCUT2D eigenvalue weighted by molar-refractivity contribution is 7.64. The molecule has 0 fully saturated rings. The Morgan fingerprint density at radius 2 is 0.793 bits per heavy atom. The van der Waals surface area contributed by atoms with Crippen molar-refractivity contribution in [2.75, 3.05) is 0 Å². The Kier molecular flexibility index (Phi) is 7.88. The maximum Gasteiger partial charge on any atom is 0.460 e. The van der Waals surface area contributed by atoms with Gasteiger partial charge in [-0.2, -0.15) is 65.9 Å². The van der Waals surface area contributed by atoms with Crippen molar-refractivity contribution in [2.24, 2.45) is 0 Å². The SMILES string of the molecule is FC(F)(F)C(F)(F)C(F)(F)C(F)(F)C(F)(F)C(F)(F)C(F)(F)CCC[Si](Cl)(Cl)Cl. The molecular formula is C10H6Cl3F15Si. The predicted molar refractivity (Wildman–Crippen MR) is 73.1 cm³/mol. The van der Waals surface area contributed by atoms with Gasteiger partial charge in [0, 0.05) is 6.42 Å². The molecule has 0 rings (SSSR count). The van der Waals surface area contributed by atoms with Crippen molar-refractivity contribution in [3.05, 3.63) is 0 Å². The Morgan fingerprint density at radius 3 is 1.10 bits per heavy atom. The minimum absolute atomic E-state index is 0.923. The molecule has 0 aromatic rings. The van der Waals surface area contributed by atoms with Crippen LogP contribution in [0.1, 0.15) is 12.8 Å². The van der Waals surface area contributed by atoms with Gasteiger partial charge in [0.1, 0.15) is 0 Å². The first-order valence-corrected chi connectivity index (χ1v) is 11.9. The molecule has 0 spiro atoms. The summed E-state index contributed by atoms with van der Waals surface area (Å²) in [7, 11) is 0.